The summed E-state index contributed by atoms with van der Waals surface area (Å²) in [5.74, 6) is 0. The van der Waals surface area contributed by atoms with E-state index in [1.54, 1.807) is 0 Å². The van der Waals surface area contributed by atoms with E-state index < -0.39 is 0 Å². The maximum atomic E-state index is 11.1. The number of nitrogens with one attached hydrogen (secondary N) is 1. The highest BCUT2D eigenvalue weighted by molar-refractivity contribution is 5.68. The lowest BCUT2D eigenvalue weighted by Gasteiger charge is -2.11. The lowest BCUT2D eigenvalue weighted by atomic mass is 10.3. The van der Waals surface area contributed by atoms with Crippen LogP contribution in [0.2, 0.25) is 0 Å². The van der Waals surface area contributed by atoms with E-state index in [2.05, 4.69) is 5.32 Å². The summed E-state index contributed by atoms with van der Waals surface area (Å²) in [5.41, 5.74) is 0. The number of ether oxygens (including phenoxy) is 1. The van der Waals surface area contributed by atoms with Crippen LogP contribution in [0.3, 0.4) is 0 Å². The molecule has 0 aliphatic heterocycles. The summed E-state index contributed by atoms with van der Waals surface area (Å²) in [5, 5.41) is 2.82. The molecule has 1 N–H and O–H groups in total. The van der Waals surface area contributed by atoms with Crippen LogP contribution in [-0.4, -0.2) is 18.2 Å². The van der Waals surface area contributed by atoms with Crippen molar-refractivity contribution in [1.82, 2.24) is 5.32 Å². The largest absolute Gasteiger partial charge is 0.446 e. The molecule has 68 valence electrons. The fraction of sp³-hybridized carbons (Fsp3) is 0.889. The van der Waals surface area contributed by atoms with Crippen LogP contribution < -0.4 is 5.32 Å². The summed E-state index contributed by atoms with van der Waals surface area (Å²) in [6, 6.07) is 0.416. The Morgan fingerprint density at radius 1 is 1.17 bits per heavy atom. The van der Waals surface area contributed by atoms with Crippen LogP contribution in [-0.2, 0) is 4.74 Å². The Morgan fingerprint density at radius 3 is 2.42 bits per heavy atom. The van der Waals surface area contributed by atoms with E-state index in [-0.39, 0.29) is 12.2 Å². The first-order valence-electron chi connectivity index (χ1n) is 4.82. The summed E-state index contributed by atoms with van der Waals surface area (Å²) in [4.78, 5) is 11.1. The zero-order chi connectivity index (χ0) is 8.39. The quantitative estimate of drug-likeness (QED) is 0.684. The van der Waals surface area contributed by atoms with Crippen molar-refractivity contribution < 1.29 is 9.53 Å². The zero-order valence-electron chi connectivity index (χ0n) is 7.21. The van der Waals surface area contributed by atoms with Crippen molar-refractivity contribution in [2.24, 2.45) is 0 Å². The second-order valence-corrected chi connectivity index (χ2v) is 3.73. The van der Waals surface area contributed by atoms with Crippen molar-refractivity contribution in [3.05, 3.63) is 0 Å². The monoisotopic (exact) mass is 169 g/mol. The summed E-state index contributed by atoms with van der Waals surface area (Å²) < 4.78 is 5.21. The molecule has 0 spiro atoms. The molecule has 0 unspecified atom stereocenters. The van der Waals surface area contributed by atoms with Crippen molar-refractivity contribution in [2.75, 3.05) is 0 Å². The number of hydrogen-bond donors (Lipinski definition) is 1. The van der Waals surface area contributed by atoms with Gasteiger partial charge in [0.1, 0.15) is 6.10 Å². The minimum Gasteiger partial charge on any atom is -0.446 e. The van der Waals surface area contributed by atoms with Gasteiger partial charge in [-0.25, -0.2) is 4.79 Å². The van der Waals surface area contributed by atoms with Gasteiger partial charge in [0.2, 0.25) is 0 Å². The average molecular weight is 169 g/mol. The molecule has 0 bridgehead atoms. The number of carbonyl (C=O) groups excluding carboxylic acids is 1. The molecular formula is C9H15NO2. The predicted molar refractivity (Wildman–Crippen MR) is 44.9 cm³/mol. The Labute approximate surface area is 72.5 Å². The fourth-order valence-electron chi connectivity index (χ4n) is 1.59. The van der Waals surface area contributed by atoms with E-state index in [9.17, 15) is 4.79 Å². The lowest BCUT2D eigenvalue weighted by Crippen LogP contribution is -2.29. The molecular weight excluding hydrogens is 154 g/mol. The highest BCUT2D eigenvalue weighted by Crippen LogP contribution is 2.22. The van der Waals surface area contributed by atoms with Gasteiger partial charge in [0.15, 0.2) is 0 Å². The average Bonchev–Trinajstić information content (AvgIpc) is 2.66. The van der Waals surface area contributed by atoms with Crippen LogP contribution >= 0.6 is 0 Å². The minimum absolute atomic E-state index is 0.198. The molecule has 0 aromatic rings. The van der Waals surface area contributed by atoms with Crippen molar-refractivity contribution >= 4 is 6.09 Å². The normalized spacial score (nSPS) is 24.0. The van der Waals surface area contributed by atoms with Crippen molar-refractivity contribution in [3.63, 3.8) is 0 Å². The van der Waals surface area contributed by atoms with E-state index in [4.69, 9.17) is 4.74 Å². The molecule has 3 heteroatoms. The predicted octanol–water partition coefficient (Wildman–Crippen LogP) is 1.82. The van der Waals surface area contributed by atoms with Crippen LogP contribution in [0.4, 0.5) is 4.79 Å². The number of carbonyl (C=O) groups is 1. The molecule has 0 saturated heterocycles. The Kier molecular flexibility index (Phi) is 2.19. The van der Waals surface area contributed by atoms with Gasteiger partial charge in [-0.05, 0) is 38.5 Å². The maximum absolute atomic E-state index is 11.1. The molecule has 2 rings (SSSR count). The molecule has 0 atom stereocenters. The summed E-state index contributed by atoms with van der Waals surface area (Å²) >= 11 is 0. The fourth-order valence-corrected chi connectivity index (χ4v) is 1.59. The van der Waals surface area contributed by atoms with Gasteiger partial charge in [0, 0.05) is 6.04 Å². The summed E-state index contributed by atoms with van der Waals surface area (Å²) in [6.07, 6.45) is 6.77. The Bertz CT molecular complexity index is 171. The maximum Gasteiger partial charge on any atom is 0.407 e. The van der Waals surface area contributed by atoms with Crippen LogP contribution in [0, 0.1) is 0 Å². The van der Waals surface area contributed by atoms with Gasteiger partial charge in [0.25, 0.3) is 0 Å². The smallest absolute Gasteiger partial charge is 0.407 e. The van der Waals surface area contributed by atoms with Gasteiger partial charge in [0.05, 0.1) is 0 Å². The second kappa shape index (κ2) is 3.33. The summed E-state index contributed by atoms with van der Waals surface area (Å²) in [7, 11) is 0. The van der Waals surface area contributed by atoms with E-state index in [0.29, 0.717) is 6.04 Å². The molecule has 0 aromatic carbocycles. The topological polar surface area (TPSA) is 38.3 Å². The molecule has 0 radical (unpaired) electrons. The van der Waals surface area contributed by atoms with E-state index in [1.807, 2.05) is 0 Å². The molecule has 0 heterocycles. The first-order chi connectivity index (χ1) is 5.84. The zero-order valence-corrected chi connectivity index (χ0v) is 7.21. The van der Waals surface area contributed by atoms with E-state index in [1.165, 1.54) is 12.8 Å². The van der Waals surface area contributed by atoms with Crippen molar-refractivity contribution in [3.8, 4) is 0 Å². The van der Waals surface area contributed by atoms with E-state index in [0.717, 1.165) is 25.7 Å². The van der Waals surface area contributed by atoms with Crippen molar-refractivity contribution in [1.29, 1.82) is 0 Å². The third kappa shape index (κ3) is 2.13. The standard InChI is InChI=1S/C9H15NO2/c11-9(10-7-5-6-7)12-8-3-1-2-4-8/h7-8H,1-6H2,(H,10,11). The third-order valence-electron chi connectivity index (χ3n) is 2.48. The Balaban J connectivity index is 1.66. The Morgan fingerprint density at radius 2 is 1.83 bits per heavy atom. The van der Waals surface area contributed by atoms with E-state index >= 15 is 0 Å². The number of alkyl carbamates (subject to hydrolysis) is 1. The molecule has 2 aliphatic rings. The van der Waals surface area contributed by atoms with Crippen LogP contribution in [0.1, 0.15) is 38.5 Å². The van der Waals surface area contributed by atoms with Crippen LogP contribution in [0.5, 0.6) is 0 Å². The lowest BCUT2D eigenvalue weighted by molar-refractivity contribution is 0.101. The molecule has 1 amide bonds. The molecule has 12 heavy (non-hydrogen) atoms. The van der Waals surface area contributed by atoms with Gasteiger partial charge < -0.3 is 10.1 Å². The number of rotatable bonds is 2. The first-order valence-corrected chi connectivity index (χ1v) is 4.82. The van der Waals surface area contributed by atoms with Gasteiger partial charge in [-0.15, -0.1) is 0 Å². The number of hydrogen-bond acceptors (Lipinski definition) is 2. The molecule has 2 aliphatic carbocycles. The summed E-state index contributed by atoms with van der Waals surface area (Å²) in [6.45, 7) is 0. The van der Waals surface area contributed by atoms with Crippen molar-refractivity contribution in [2.45, 2.75) is 50.7 Å². The highest BCUT2D eigenvalue weighted by Gasteiger charge is 2.26. The van der Waals surface area contributed by atoms with Crippen LogP contribution in [0.15, 0.2) is 0 Å². The molecule has 2 fully saturated rings. The minimum atomic E-state index is -0.204. The number of amides is 1. The van der Waals surface area contributed by atoms with Gasteiger partial charge >= 0.3 is 6.09 Å². The van der Waals surface area contributed by atoms with Gasteiger partial charge in [-0.3, -0.25) is 0 Å². The second-order valence-electron chi connectivity index (χ2n) is 3.73. The first kappa shape index (κ1) is 7.90. The SMILES string of the molecule is O=C(NC1CC1)OC1CCCC1. The highest BCUT2D eigenvalue weighted by atomic mass is 16.6. The molecule has 3 nitrogen and oxygen atoms in total. The van der Waals surface area contributed by atoms with Gasteiger partial charge in [-0.1, -0.05) is 0 Å². The van der Waals surface area contributed by atoms with Gasteiger partial charge in [-0.2, -0.15) is 0 Å². The Hall–Kier alpha value is -0.730. The third-order valence-corrected chi connectivity index (χ3v) is 2.48. The van der Waals surface area contributed by atoms with Crippen LogP contribution in [0.25, 0.3) is 0 Å². The molecule has 0 aromatic heterocycles. The molecule has 2 saturated carbocycles.